The molecule has 0 saturated heterocycles. The number of aromatic nitrogens is 3. The van der Waals surface area contributed by atoms with Crippen molar-refractivity contribution >= 4 is 81.2 Å². The summed E-state index contributed by atoms with van der Waals surface area (Å²) < 4.78 is 1.97. The average Bonchev–Trinajstić information content (AvgIpc) is 3.69. The van der Waals surface area contributed by atoms with Crippen LogP contribution in [0.25, 0.3) is 115 Å². The highest BCUT2D eigenvalue weighted by atomic mass is 15.1. The van der Waals surface area contributed by atoms with Crippen molar-refractivity contribution in [3.05, 3.63) is 188 Å². The number of nitrogens with zero attached hydrogens (tertiary/aromatic N) is 3. The summed E-state index contributed by atoms with van der Waals surface area (Å²) >= 11 is 0. The van der Waals surface area contributed by atoms with Gasteiger partial charge in [0.05, 0.1) is 5.69 Å². The topological polar surface area (TPSA) is 30.2 Å². The Morgan fingerprint density at radius 1 is 0.364 bits per heavy atom. The van der Waals surface area contributed by atoms with Crippen LogP contribution in [0.5, 0.6) is 0 Å². The van der Waals surface area contributed by atoms with Crippen LogP contribution < -0.4 is 0 Å². The van der Waals surface area contributed by atoms with Gasteiger partial charge in [-0.25, -0.2) is 9.97 Å². The summed E-state index contributed by atoms with van der Waals surface area (Å²) in [7, 11) is 0. The molecule has 55 heavy (non-hydrogen) atoms. The molecule has 10 aromatic carbocycles. The van der Waals surface area contributed by atoms with E-state index in [4.69, 9.17) is 4.98 Å². The van der Waals surface area contributed by atoms with Crippen LogP contribution in [0.2, 0.25) is 0 Å². The zero-order valence-corrected chi connectivity index (χ0v) is 29.7. The Labute approximate surface area is 316 Å². The molecular formula is C52H31N3. The van der Waals surface area contributed by atoms with E-state index in [1.807, 2.05) is 22.9 Å². The Hall–Kier alpha value is -7.36. The molecule has 2 aromatic heterocycles. The zero-order chi connectivity index (χ0) is 36.0. The highest BCUT2D eigenvalue weighted by Gasteiger charge is 2.20. The maximum Gasteiger partial charge on any atom is 0.234 e. The predicted molar refractivity (Wildman–Crippen MR) is 232 cm³/mol. The predicted octanol–water partition coefficient (Wildman–Crippen LogP) is 13.8. The highest BCUT2D eigenvalue weighted by molar-refractivity contribution is 6.35. The van der Waals surface area contributed by atoms with Crippen molar-refractivity contribution in [3.63, 3.8) is 0 Å². The first kappa shape index (κ1) is 30.1. The fourth-order valence-electron chi connectivity index (χ4n) is 9.32. The Bertz CT molecular complexity index is 3450. The lowest BCUT2D eigenvalue weighted by molar-refractivity contribution is 1.11. The largest absolute Gasteiger partial charge is 0.291 e. The molecule has 0 atom stereocenters. The minimum atomic E-state index is 0.698. The first-order chi connectivity index (χ1) is 27.3. The van der Waals surface area contributed by atoms with Gasteiger partial charge in [0, 0.05) is 24.2 Å². The molecule has 0 saturated carbocycles. The molecule has 3 heteroatoms. The first-order valence-corrected chi connectivity index (χ1v) is 18.8. The summed E-state index contributed by atoms with van der Waals surface area (Å²) in [5.41, 5.74) is 6.88. The highest BCUT2D eigenvalue weighted by Crippen LogP contribution is 2.48. The number of hydrogen-bond acceptors (Lipinski definition) is 2. The van der Waals surface area contributed by atoms with Gasteiger partial charge in [-0.2, -0.15) is 0 Å². The van der Waals surface area contributed by atoms with Gasteiger partial charge in [-0.05, 0) is 104 Å². The number of hydrogen-bond donors (Lipinski definition) is 0. The molecule has 0 amide bonds. The normalized spacial score (nSPS) is 12.0. The van der Waals surface area contributed by atoms with Gasteiger partial charge in [-0.15, -0.1) is 0 Å². The van der Waals surface area contributed by atoms with E-state index in [-0.39, 0.29) is 0 Å². The van der Waals surface area contributed by atoms with Crippen LogP contribution >= 0.6 is 0 Å². The monoisotopic (exact) mass is 697 g/mol. The van der Waals surface area contributed by atoms with E-state index in [0.717, 1.165) is 11.3 Å². The SMILES string of the molecule is c1ccc2c(-c3cccc4c5cccc6ccc7cccc(c8ccccc8c34)c7c65)c3ccccc3c(-c3ccc(-c4cn5cccnc5n4)cc3)c2c1. The van der Waals surface area contributed by atoms with Crippen molar-refractivity contribution in [1.29, 1.82) is 0 Å². The molecule has 12 rings (SSSR count). The Kier molecular flexibility index (Phi) is 6.34. The minimum Gasteiger partial charge on any atom is -0.291 e. The van der Waals surface area contributed by atoms with E-state index in [9.17, 15) is 0 Å². The lowest BCUT2D eigenvalue weighted by Crippen LogP contribution is -1.92. The molecule has 12 aromatic rings. The van der Waals surface area contributed by atoms with Crippen molar-refractivity contribution in [2.75, 3.05) is 0 Å². The van der Waals surface area contributed by atoms with Crippen LogP contribution in [0.3, 0.4) is 0 Å². The smallest absolute Gasteiger partial charge is 0.234 e. The third-order valence-electron chi connectivity index (χ3n) is 11.6. The fraction of sp³-hybridized carbons (Fsp3) is 0. The number of rotatable bonds is 3. The van der Waals surface area contributed by atoms with Crippen molar-refractivity contribution in [1.82, 2.24) is 14.4 Å². The third-order valence-corrected chi connectivity index (χ3v) is 11.6. The Morgan fingerprint density at radius 3 is 1.49 bits per heavy atom. The number of imidazole rings is 1. The summed E-state index contributed by atoms with van der Waals surface area (Å²) in [6.45, 7) is 0. The lowest BCUT2D eigenvalue weighted by atomic mass is 9.83. The molecule has 0 fully saturated rings. The summed E-state index contributed by atoms with van der Waals surface area (Å²) in [5, 5.41) is 17.7. The molecule has 3 nitrogen and oxygen atoms in total. The molecule has 0 aliphatic heterocycles. The molecule has 254 valence electrons. The second-order valence-electron chi connectivity index (χ2n) is 14.5. The number of benzene rings is 9. The molecule has 0 radical (unpaired) electrons. The standard InChI is InChI=1S/C52H31N3/c1-2-14-38-36(13-1)37-19-7-11-33-27-28-34-12-8-20-41(49(34)48(33)37)44-21-9-22-45(50(38)44)51-42-17-5-3-15-39(42)47(40-16-4-6-18-43(40)51)35-25-23-32(24-26-35)46-31-55-30-10-29-53-52(55)54-46/h1-31H. The Morgan fingerprint density at radius 2 is 0.855 bits per heavy atom. The van der Waals surface area contributed by atoms with Gasteiger partial charge in [0.15, 0.2) is 0 Å². The van der Waals surface area contributed by atoms with E-state index in [1.165, 1.54) is 97.7 Å². The van der Waals surface area contributed by atoms with Gasteiger partial charge < -0.3 is 0 Å². The van der Waals surface area contributed by atoms with E-state index >= 15 is 0 Å². The van der Waals surface area contributed by atoms with Gasteiger partial charge in [-0.1, -0.05) is 164 Å². The zero-order valence-electron chi connectivity index (χ0n) is 29.7. The van der Waals surface area contributed by atoms with Crippen LogP contribution in [0.15, 0.2) is 188 Å². The van der Waals surface area contributed by atoms with Crippen LogP contribution in [-0.4, -0.2) is 14.4 Å². The van der Waals surface area contributed by atoms with Gasteiger partial charge in [0.25, 0.3) is 0 Å². The van der Waals surface area contributed by atoms with Gasteiger partial charge >= 0.3 is 0 Å². The summed E-state index contributed by atoms with van der Waals surface area (Å²) in [4.78, 5) is 9.21. The molecule has 0 aliphatic carbocycles. The molecule has 0 bridgehead atoms. The maximum absolute atomic E-state index is 4.78. The van der Waals surface area contributed by atoms with Gasteiger partial charge in [-0.3, -0.25) is 4.40 Å². The third kappa shape index (κ3) is 4.38. The molecule has 0 aliphatic rings. The lowest BCUT2D eigenvalue weighted by Gasteiger charge is -2.20. The molecule has 0 spiro atoms. The van der Waals surface area contributed by atoms with Gasteiger partial charge in [0.1, 0.15) is 0 Å². The average molecular weight is 698 g/mol. The fourth-order valence-corrected chi connectivity index (χ4v) is 9.32. The van der Waals surface area contributed by atoms with E-state index in [2.05, 4.69) is 169 Å². The summed E-state index contributed by atoms with van der Waals surface area (Å²) in [5.74, 6) is 0.698. The minimum absolute atomic E-state index is 0.698. The summed E-state index contributed by atoms with van der Waals surface area (Å²) in [6.07, 6.45) is 5.81. The van der Waals surface area contributed by atoms with Crippen LogP contribution in [0, 0.1) is 0 Å². The van der Waals surface area contributed by atoms with E-state index in [1.54, 1.807) is 6.20 Å². The number of fused-ring (bicyclic) bond motifs is 8. The maximum atomic E-state index is 4.78. The van der Waals surface area contributed by atoms with Crippen molar-refractivity contribution < 1.29 is 0 Å². The van der Waals surface area contributed by atoms with Crippen LogP contribution in [0.4, 0.5) is 0 Å². The van der Waals surface area contributed by atoms with Crippen molar-refractivity contribution in [2.45, 2.75) is 0 Å². The van der Waals surface area contributed by atoms with Crippen LogP contribution in [0.1, 0.15) is 0 Å². The van der Waals surface area contributed by atoms with E-state index < -0.39 is 0 Å². The van der Waals surface area contributed by atoms with E-state index in [0.29, 0.717) is 5.78 Å². The molecule has 0 unspecified atom stereocenters. The molecule has 0 N–H and O–H groups in total. The Balaban J connectivity index is 1.19. The van der Waals surface area contributed by atoms with Crippen LogP contribution in [-0.2, 0) is 0 Å². The van der Waals surface area contributed by atoms with Crippen molar-refractivity contribution in [3.8, 4) is 33.5 Å². The quantitative estimate of drug-likeness (QED) is 0.136. The molecule has 2 heterocycles. The van der Waals surface area contributed by atoms with Gasteiger partial charge in [0.2, 0.25) is 5.78 Å². The van der Waals surface area contributed by atoms with Crippen molar-refractivity contribution in [2.24, 2.45) is 0 Å². The molecular weight excluding hydrogens is 667 g/mol. The first-order valence-electron chi connectivity index (χ1n) is 18.8. The second-order valence-corrected chi connectivity index (χ2v) is 14.5. The second kappa shape index (κ2) is 11.6. The summed E-state index contributed by atoms with van der Waals surface area (Å²) in [6, 6.07) is 62.8.